The molecular formula is C20H22N9O7S3+. The number of β-lactam (4-membered cyclic amide) rings is 1. The standard InChI is InChI=1S/C20H21N9O7S3/c1-20(2,18(34)35)36-25-10(13-24-19(21)39-26-13)14(30)23-11-15(31)29-12(17(32)33)9(5-37-16(11)29)38-8-3-27-6-22-7-28(27)4-8/h6-8,11,16H,3-5H2,1-2H3,(H4-,21,23,24,26,30,32,33,34,35)/p+1/b25-10-. The lowest BCUT2D eigenvalue weighted by atomic mass is 10.0. The number of anilines is 1. The zero-order chi connectivity index (χ0) is 28.1. The number of rotatable bonds is 9. The first-order chi connectivity index (χ1) is 18.5. The maximum absolute atomic E-state index is 13.1. The van der Waals surface area contributed by atoms with Crippen LogP contribution in [0.2, 0.25) is 0 Å². The quantitative estimate of drug-likeness (QED) is 0.115. The Labute approximate surface area is 232 Å². The average molecular weight is 597 g/mol. The number of aromatic nitrogens is 5. The highest BCUT2D eigenvalue weighted by Crippen LogP contribution is 2.44. The number of hydrogen-bond acceptors (Lipinski definition) is 13. The molecule has 2 unspecified atom stereocenters. The first-order valence-electron chi connectivity index (χ1n) is 11.3. The molecule has 2 aromatic rings. The molecule has 2 aromatic heterocycles. The molecule has 5 rings (SSSR count). The second kappa shape index (κ2) is 10.1. The molecule has 19 heteroatoms. The number of thioether (sulfide) groups is 2. The molecule has 2 atom stereocenters. The third-order valence-electron chi connectivity index (χ3n) is 5.99. The van der Waals surface area contributed by atoms with Crippen molar-refractivity contribution >= 4 is 69.7 Å². The number of carboxylic acid groups (broad SMARTS) is 2. The van der Waals surface area contributed by atoms with Gasteiger partial charge in [-0.25, -0.2) is 9.59 Å². The summed E-state index contributed by atoms with van der Waals surface area (Å²) < 4.78 is 7.80. The van der Waals surface area contributed by atoms with Crippen molar-refractivity contribution in [1.82, 2.24) is 29.2 Å². The Kier molecular flexibility index (Phi) is 6.97. The zero-order valence-electron chi connectivity index (χ0n) is 20.4. The smallest absolute Gasteiger partial charge is 0.353 e. The maximum Gasteiger partial charge on any atom is 0.353 e. The van der Waals surface area contributed by atoms with E-state index in [1.165, 1.54) is 42.3 Å². The van der Waals surface area contributed by atoms with Gasteiger partial charge in [0, 0.05) is 22.2 Å². The largest absolute Gasteiger partial charge is 0.478 e. The van der Waals surface area contributed by atoms with Crippen LogP contribution in [-0.2, 0) is 37.1 Å². The van der Waals surface area contributed by atoms with Gasteiger partial charge in [0.05, 0.1) is 11.8 Å². The van der Waals surface area contributed by atoms with Crippen molar-refractivity contribution in [3.8, 4) is 0 Å². The van der Waals surface area contributed by atoms with Gasteiger partial charge in [0.25, 0.3) is 11.8 Å². The molecule has 0 aliphatic carbocycles. The van der Waals surface area contributed by atoms with Crippen LogP contribution in [0.25, 0.3) is 0 Å². The van der Waals surface area contributed by atoms with Crippen molar-refractivity contribution in [2.45, 2.75) is 49.2 Å². The maximum atomic E-state index is 13.1. The Morgan fingerprint density at radius 2 is 2.13 bits per heavy atom. The molecule has 2 amide bonds. The molecule has 5 heterocycles. The Bertz CT molecular complexity index is 1410. The third-order valence-corrected chi connectivity index (χ3v) is 9.25. The summed E-state index contributed by atoms with van der Waals surface area (Å²) in [7, 11) is 0. The number of hydrogen-bond donors (Lipinski definition) is 4. The Hall–Kier alpha value is -3.71. The van der Waals surface area contributed by atoms with Gasteiger partial charge in [-0.3, -0.25) is 14.5 Å². The van der Waals surface area contributed by atoms with Gasteiger partial charge in [-0.1, -0.05) is 5.16 Å². The van der Waals surface area contributed by atoms with Gasteiger partial charge in [-0.05, 0) is 18.8 Å². The predicted octanol–water partition coefficient (Wildman–Crippen LogP) is -1.30. The van der Waals surface area contributed by atoms with Gasteiger partial charge in [0.2, 0.25) is 23.5 Å². The molecule has 0 aromatic carbocycles. The fourth-order valence-electron chi connectivity index (χ4n) is 3.98. The van der Waals surface area contributed by atoms with E-state index in [-0.39, 0.29) is 21.9 Å². The van der Waals surface area contributed by atoms with Gasteiger partial charge < -0.3 is 26.1 Å². The second-order valence-corrected chi connectivity index (χ2v) is 12.4. The lowest BCUT2D eigenvalue weighted by molar-refractivity contribution is -0.758. The molecule has 0 radical (unpaired) electrons. The molecular weight excluding hydrogens is 574 g/mol. The van der Waals surface area contributed by atoms with Crippen LogP contribution in [0, 0.1) is 0 Å². The molecule has 0 spiro atoms. The number of carboxylic acids is 2. The Morgan fingerprint density at radius 3 is 2.77 bits per heavy atom. The highest BCUT2D eigenvalue weighted by Gasteiger charge is 2.55. The minimum atomic E-state index is -1.78. The molecule has 1 fully saturated rings. The highest BCUT2D eigenvalue weighted by molar-refractivity contribution is 8.06. The summed E-state index contributed by atoms with van der Waals surface area (Å²) in [5.74, 6) is -3.96. The van der Waals surface area contributed by atoms with Crippen LogP contribution in [-0.4, -0.2) is 91.6 Å². The summed E-state index contributed by atoms with van der Waals surface area (Å²) in [6.07, 6.45) is 3.40. The molecule has 1 saturated heterocycles. The molecule has 0 saturated carbocycles. The predicted molar refractivity (Wildman–Crippen MR) is 137 cm³/mol. The zero-order valence-corrected chi connectivity index (χ0v) is 22.8. The van der Waals surface area contributed by atoms with Gasteiger partial charge in [-0.2, -0.15) is 18.7 Å². The number of nitrogen functional groups attached to an aromatic ring is 1. The number of aliphatic carboxylic acids is 2. The Morgan fingerprint density at radius 1 is 1.36 bits per heavy atom. The van der Waals surface area contributed by atoms with E-state index in [0.29, 0.717) is 23.7 Å². The number of nitrogens with two attached hydrogens (primary N) is 1. The Balaban J connectivity index is 1.32. The lowest BCUT2D eigenvalue weighted by Gasteiger charge is -2.49. The van der Waals surface area contributed by atoms with E-state index in [1.807, 2.05) is 9.36 Å². The van der Waals surface area contributed by atoms with Crippen LogP contribution in [0.3, 0.4) is 0 Å². The van der Waals surface area contributed by atoms with E-state index in [4.69, 9.17) is 10.6 Å². The van der Waals surface area contributed by atoms with Crippen molar-refractivity contribution in [3.05, 3.63) is 29.1 Å². The molecule has 39 heavy (non-hydrogen) atoms. The van der Waals surface area contributed by atoms with E-state index in [9.17, 15) is 29.4 Å². The summed E-state index contributed by atoms with van der Waals surface area (Å²) in [5, 5.41) is 24.9. The topological polar surface area (TPSA) is 219 Å². The SMILES string of the molecule is CC(C)(O/N=C(\C(=O)NC1C(=O)N2C(C(=O)O)=C(SC3Cn4cnc[n+]4C3)CSC12)c1nsc(N)n1)C(=O)O. The summed E-state index contributed by atoms with van der Waals surface area (Å²) >= 11 is 3.52. The van der Waals surface area contributed by atoms with Crippen molar-refractivity contribution in [2.75, 3.05) is 11.5 Å². The van der Waals surface area contributed by atoms with E-state index in [0.717, 1.165) is 11.5 Å². The summed E-state index contributed by atoms with van der Waals surface area (Å²) in [6, 6.07) is -1.06. The molecule has 3 aliphatic rings. The highest BCUT2D eigenvalue weighted by atomic mass is 32.2. The van der Waals surface area contributed by atoms with E-state index in [2.05, 4.69) is 24.8 Å². The molecule has 3 aliphatic heterocycles. The summed E-state index contributed by atoms with van der Waals surface area (Å²) in [4.78, 5) is 64.6. The molecule has 0 bridgehead atoms. The van der Waals surface area contributed by atoms with Gasteiger partial charge >= 0.3 is 18.3 Å². The van der Waals surface area contributed by atoms with Crippen molar-refractivity contribution in [3.63, 3.8) is 0 Å². The van der Waals surface area contributed by atoms with Crippen molar-refractivity contribution in [1.29, 1.82) is 0 Å². The fourth-order valence-corrected chi connectivity index (χ4v) is 7.24. The van der Waals surface area contributed by atoms with E-state index >= 15 is 0 Å². The number of carbonyl (C=O) groups is 4. The van der Waals surface area contributed by atoms with E-state index in [1.54, 1.807) is 12.7 Å². The summed E-state index contributed by atoms with van der Waals surface area (Å²) in [6.45, 7) is 3.77. The number of carbonyl (C=O) groups excluding carboxylic acids is 2. The van der Waals surface area contributed by atoms with Gasteiger partial charge in [-0.15, -0.1) is 23.5 Å². The average Bonchev–Trinajstić information content (AvgIpc) is 3.59. The van der Waals surface area contributed by atoms with E-state index < -0.39 is 46.5 Å². The molecule has 206 valence electrons. The number of oxime groups is 1. The van der Waals surface area contributed by atoms with Crippen LogP contribution in [0.15, 0.2) is 28.4 Å². The first-order valence-corrected chi connectivity index (χ1v) is 14.0. The number of nitrogens with one attached hydrogen (secondary N) is 1. The van der Waals surface area contributed by atoms with Crippen LogP contribution in [0.1, 0.15) is 19.7 Å². The molecule has 5 N–H and O–H groups in total. The minimum absolute atomic E-state index is 0.0302. The number of amides is 2. The van der Waals surface area contributed by atoms with Crippen molar-refractivity contribution in [2.24, 2.45) is 5.16 Å². The van der Waals surface area contributed by atoms with Crippen LogP contribution in [0.5, 0.6) is 0 Å². The molecule has 16 nitrogen and oxygen atoms in total. The van der Waals surface area contributed by atoms with Crippen LogP contribution in [0.4, 0.5) is 5.13 Å². The first kappa shape index (κ1) is 26.9. The normalized spacial score (nSPS) is 22.7. The van der Waals surface area contributed by atoms with Gasteiger partial charge in [0.1, 0.15) is 23.7 Å². The number of fused-ring (bicyclic) bond motifs is 2. The monoisotopic (exact) mass is 596 g/mol. The van der Waals surface area contributed by atoms with Crippen LogP contribution >= 0.6 is 35.1 Å². The summed E-state index contributed by atoms with van der Waals surface area (Å²) in [5.41, 5.74) is 3.26. The number of nitrogens with zero attached hydrogens (tertiary/aromatic N) is 7. The minimum Gasteiger partial charge on any atom is -0.478 e. The van der Waals surface area contributed by atoms with Crippen molar-refractivity contribution < 1.29 is 38.9 Å². The fraction of sp³-hybridized carbons (Fsp3) is 0.450. The third kappa shape index (κ3) is 5.03. The lowest BCUT2D eigenvalue weighted by Crippen LogP contribution is -2.71. The second-order valence-electron chi connectivity index (χ2n) is 9.10. The van der Waals surface area contributed by atoms with Crippen LogP contribution < -0.4 is 15.7 Å². The van der Waals surface area contributed by atoms with Gasteiger partial charge in [0.15, 0.2) is 5.13 Å².